The van der Waals surface area contributed by atoms with Crippen LogP contribution in [0.5, 0.6) is 17.2 Å². The van der Waals surface area contributed by atoms with Crippen LogP contribution in [-0.4, -0.2) is 108 Å². The number of nitrogens with zero attached hydrogens (tertiary/aromatic N) is 5. The van der Waals surface area contributed by atoms with Crippen molar-refractivity contribution in [2.75, 3.05) is 71.4 Å². The monoisotopic (exact) mass is 702 g/mol. The third kappa shape index (κ3) is 6.10. The fraction of sp³-hybridized carbons (Fsp3) is 0.417. The number of likely N-dealkylation sites (tertiary alicyclic amines) is 1. The number of hydrogen-bond donors (Lipinski definition) is 1. The first kappa shape index (κ1) is 35.0. The summed E-state index contributed by atoms with van der Waals surface area (Å²) in [5, 5.41) is 13.0. The summed E-state index contributed by atoms with van der Waals surface area (Å²) in [6.07, 6.45) is 1.53. The number of ether oxygens (including phenoxy) is 3. The Hall–Kier alpha value is -4.84. The van der Waals surface area contributed by atoms with Crippen molar-refractivity contribution in [1.82, 2.24) is 20.0 Å². The number of sulfonamides is 1. The molecule has 0 bridgehead atoms. The summed E-state index contributed by atoms with van der Waals surface area (Å²) >= 11 is 0. The highest BCUT2D eigenvalue weighted by atomic mass is 32.2. The summed E-state index contributed by atoms with van der Waals surface area (Å²) in [7, 11) is 0.209. The van der Waals surface area contributed by atoms with Gasteiger partial charge in [-0.05, 0) is 63.2 Å². The Bertz CT molecular complexity index is 1920. The van der Waals surface area contributed by atoms with Crippen LogP contribution in [-0.2, 0) is 20.4 Å². The molecule has 0 aliphatic carbocycles. The van der Waals surface area contributed by atoms with Crippen molar-refractivity contribution in [2.45, 2.75) is 36.2 Å². The largest absolute Gasteiger partial charge is 0.497 e. The van der Waals surface area contributed by atoms with Gasteiger partial charge >= 0.3 is 6.03 Å². The van der Waals surface area contributed by atoms with E-state index in [-0.39, 0.29) is 45.4 Å². The number of fused-ring (bicyclic) bond motifs is 1. The van der Waals surface area contributed by atoms with Crippen molar-refractivity contribution in [3.63, 3.8) is 0 Å². The smallest absolute Gasteiger partial charge is 0.318 e. The van der Waals surface area contributed by atoms with Gasteiger partial charge in [0.05, 0.1) is 38.1 Å². The second-order valence-corrected chi connectivity index (χ2v) is 14.4. The minimum Gasteiger partial charge on any atom is -0.497 e. The van der Waals surface area contributed by atoms with E-state index >= 15 is 4.79 Å². The molecule has 0 aromatic heterocycles. The van der Waals surface area contributed by atoms with Crippen molar-refractivity contribution < 1.29 is 32.2 Å². The number of rotatable bonds is 9. The fourth-order valence-electron chi connectivity index (χ4n) is 7.15. The number of amides is 3. The molecule has 1 N–H and O–H groups in total. The molecular weight excluding hydrogens is 660 g/mol. The lowest BCUT2D eigenvalue weighted by atomic mass is 9.82. The molecule has 3 aliphatic rings. The zero-order valence-electron chi connectivity index (χ0n) is 28.7. The molecule has 0 radical (unpaired) electrons. The number of carbonyl (C=O) groups is 2. The van der Waals surface area contributed by atoms with Gasteiger partial charge in [0.25, 0.3) is 15.9 Å². The minimum atomic E-state index is -4.67. The van der Waals surface area contributed by atoms with Crippen LogP contribution in [0.4, 0.5) is 10.5 Å². The number of para-hydroxylation sites is 1. The minimum absolute atomic E-state index is 0.00718. The predicted molar refractivity (Wildman–Crippen MR) is 186 cm³/mol. The molecular formula is C36H42N6O7S. The number of hydrogen-bond acceptors (Lipinski definition) is 10. The number of benzene rings is 3. The van der Waals surface area contributed by atoms with Gasteiger partial charge in [-0.25, -0.2) is 13.2 Å². The number of nitriles is 1. The van der Waals surface area contributed by atoms with Crippen LogP contribution in [0, 0.1) is 11.3 Å². The maximum absolute atomic E-state index is 15.2. The van der Waals surface area contributed by atoms with E-state index in [1.165, 1.54) is 50.6 Å². The van der Waals surface area contributed by atoms with E-state index in [4.69, 9.17) is 14.2 Å². The van der Waals surface area contributed by atoms with Crippen molar-refractivity contribution in [1.29, 1.82) is 5.26 Å². The van der Waals surface area contributed by atoms with Crippen LogP contribution in [0.2, 0.25) is 0 Å². The Balaban J connectivity index is 1.45. The molecule has 3 aromatic rings. The third-order valence-corrected chi connectivity index (χ3v) is 11.6. The Kier molecular flexibility index (Phi) is 9.93. The van der Waals surface area contributed by atoms with E-state index in [9.17, 15) is 18.5 Å². The predicted octanol–water partition coefficient (Wildman–Crippen LogP) is 3.37. The number of urea groups is 1. The molecule has 1 unspecified atom stereocenters. The molecule has 0 saturated carbocycles. The SMILES string of the molecule is CCOc1ccccc1C1(NC(=O)N2CCC(N3CCN(C)CC3)CC2)C(=O)N(S(=O)(=O)c2ccc(OC)cc2OC)c2ccc(C#N)cc21. The summed E-state index contributed by atoms with van der Waals surface area (Å²) in [5.41, 5.74) is -1.54. The van der Waals surface area contributed by atoms with Gasteiger partial charge in [-0.2, -0.15) is 9.57 Å². The quantitative estimate of drug-likeness (QED) is 0.353. The van der Waals surface area contributed by atoms with Crippen molar-refractivity contribution in [3.05, 3.63) is 77.4 Å². The van der Waals surface area contributed by atoms with Gasteiger partial charge in [-0.3, -0.25) is 9.69 Å². The van der Waals surface area contributed by atoms with Gasteiger partial charge in [0, 0.05) is 62.5 Å². The molecule has 2 fully saturated rings. The number of carbonyl (C=O) groups excluding carboxylic acids is 2. The number of piperazine rings is 1. The first-order valence-corrected chi connectivity index (χ1v) is 18.1. The molecule has 2 saturated heterocycles. The van der Waals surface area contributed by atoms with Gasteiger partial charge in [0.15, 0.2) is 5.54 Å². The average molecular weight is 703 g/mol. The molecule has 1 atom stereocenters. The first-order chi connectivity index (χ1) is 24.1. The summed E-state index contributed by atoms with van der Waals surface area (Å²) in [6.45, 7) is 6.88. The van der Waals surface area contributed by atoms with Crippen LogP contribution in [0.15, 0.2) is 65.6 Å². The molecule has 3 heterocycles. The second-order valence-electron chi connectivity index (χ2n) is 12.6. The zero-order valence-corrected chi connectivity index (χ0v) is 29.5. The molecule has 13 nitrogen and oxygen atoms in total. The van der Waals surface area contributed by atoms with Crippen molar-refractivity contribution in [3.8, 4) is 23.3 Å². The Labute approximate surface area is 293 Å². The van der Waals surface area contributed by atoms with Gasteiger partial charge in [-0.15, -0.1) is 0 Å². The number of likely N-dealkylation sites (N-methyl/N-ethyl adjacent to an activating group) is 1. The highest BCUT2D eigenvalue weighted by Crippen LogP contribution is 2.50. The van der Waals surface area contributed by atoms with Gasteiger partial charge in [0.1, 0.15) is 22.1 Å². The highest BCUT2D eigenvalue weighted by Gasteiger charge is 2.59. The van der Waals surface area contributed by atoms with Crippen LogP contribution in [0.3, 0.4) is 0 Å². The van der Waals surface area contributed by atoms with E-state index in [0.717, 1.165) is 39.0 Å². The molecule has 50 heavy (non-hydrogen) atoms. The van der Waals surface area contributed by atoms with E-state index < -0.39 is 27.5 Å². The Morgan fingerprint density at radius 3 is 2.32 bits per heavy atom. The number of nitrogens with one attached hydrogen (secondary N) is 1. The van der Waals surface area contributed by atoms with Crippen LogP contribution in [0.1, 0.15) is 36.5 Å². The lowest BCUT2D eigenvalue weighted by Crippen LogP contribution is -2.59. The number of piperidine rings is 1. The van der Waals surface area contributed by atoms with Gasteiger partial charge in [0.2, 0.25) is 0 Å². The zero-order chi connectivity index (χ0) is 35.6. The summed E-state index contributed by atoms with van der Waals surface area (Å²) in [5.74, 6) is -0.344. The standard InChI is InChI=1S/C36H42N6O7S/c1-5-49-31-9-7-6-8-28(31)36(38-35(44)41-16-14-26(15-17-41)40-20-18-39(2)19-21-40)29-22-25(24-37)10-12-30(29)42(34(36)43)50(45,46)33-13-11-27(47-3)23-32(33)48-4/h6-13,22-23,26H,5,14-21H2,1-4H3,(H,38,44). The van der Waals surface area contributed by atoms with Crippen LogP contribution < -0.4 is 23.8 Å². The maximum atomic E-state index is 15.2. The summed E-state index contributed by atoms with van der Waals surface area (Å²) in [4.78, 5) is 35.7. The molecule has 3 amide bonds. The number of anilines is 1. The molecule has 0 spiro atoms. The second kappa shape index (κ2) is 14.2. The molecule has 6 rings (SSSR count). The number of methoxy groups -OCH3 is 2. The Morgan fingerprint density at radius 2 is 1.66 bits per heavy atom. The summed E-state index contributed by atoms with van der Waals surface area (Å²) in [6, 6.07) is 17.1. The van der Waals surface area contributed by atoms with E-state index in [1.807, 2.05) is 0 Å². The fourth-order valence-corrected chi connectivity index (χ4v) is 8.76. The molecule has 3 aliphatic heterocycles. The van der Waals surface area contributed by atoms with E-state index in [1.54, 1.807) is 36.1 Å². The molecule has 264 valence electrons. The van der Waals surface area contributed by atoms with E-state index in [0.29, 0.717) is 29.2 Å². The molecule has 14 heteroatoms. The van der Waals surface area contributed by atoms with Gasteiger partial charge < -0.3 is 29.3 Å². The van der Waals surface area contributed by atoms with Crippen molar-refractivity contribution >= 4 is 27.6 Å². The first-order valence-electron chi connectivity index (χ1n) is 16.7. The van der Waals surface area contributed by atoms with Crippen LogP contribution in [0.25, 0.3) is 0 Å². The topological polar surface area (TPSA) is 145 Å². The Morgan fingerprint density at radius 1 is 0.940 bits per heavy atom. The third-order valence-electron chi connectivity index (χ3n) is 9.83. The average Bonchev–Trinajstić information content (AvgIpc) is 3.39. The summed E-state index contributed by atoms with van der Waals surface area (Å²) < 4.78 is 46.6. The maximum Gasteiger partial charge on any atom is 0.318 e. The van der Waals surface area contributed by atoms with Gasteiger partial charge in [-0.1, -0.05) is 18.2 Å². The van der Waals surface area contributed by atoms with E-state index in [2.05, 4.69) is 28.2 Å². The van der Waals surface area contributed by atoms with Crippen LogP contribution >= 0.6 is 0 Å². The van der Waals surface area contributed by atoms with Crippen molar-refractivity contribution in [2.24, 2.45) is 0 Å². The lowest BCUT2D eigenvalue weighted by molar-refractivity contribution is -0.121. The lowest BCUT2D eigenvalue weighted by Gasteiger charge is -2.42. The normalized spacial score (nSPS) is 20.3. The highest BCUT2D eigenvalue weighted by molar-refractivity contribution is 7.93. The molecule has 3 aromatic carbocycles.